The van der Waals surface area contributed by atoms with Gasteiger partial charge in [0.1, 0.15) is 0 Å². The molecule has 0 fully saturated rings. The summed E-state index contributed by atoms with van der Waals surface area (Å²) in [5.74, 6) is 0. The van der Waals surface area contributed by atoms with E-state index < -0.39 is 10.2 Å². The molecule has 0 aromatic rings. The van der Waals surface area contributed by atoms with Crippen LogP contribution in [0.5, 0.6) is 0 Å². The van der Waals surface area contributed by atoms with Gasteiger partial charge in [-0.25, -0.2) is 0 Å². The molecule has 0 aliphatic rings. The van der Waals surface area contributed by atoms with Gasteiger partial charge in [-0.05, 0) is 0 Å². The van der Waals surface area contributed by atoms with Gasteiger partial charge in [0.15, 0.2) is 0 Å². The quantitative estimate of drug-likeness (QED) is 0.468. The minimum atomic E-state index is -1.75. The summed E-state index contributed by atoms with van der Waals surface area (Å²) in [7, 11) is 0. The first-order valence-electron chi connectivity index (χ1n) is 1.10. The molecular formula is H3CeN3O6+2. The standard InChI is InChI=1S/Ce.2NO3.H3N/c;2*2-1(3)4;/h;;;1H3/q+4;2*-1;. The zero-order valence-electron chi connectivity index (χ0n) is 4.55. The zero-order chi connectivity index (χ0) is 7.15. The van der Waals surface area contributed by atoms with Crippen LogP contribution in [0.1, 0.15) is 0 Å². The van der Waals surface area contributed by atoms with Gasteiger partial charge in [-0.3, -0.25) is 0 Å². The molecule has 0 amide bonds. The van der Waals surface area contributed by atoms with Crippen molar-refractivity contribution < 1.29 is 51.9 Å². The van der Waals surface area contributed by atoms with Crippen molar-refractivity contribution in [2.24, 2.45) is 0 Å². The van der Waals surface area contributed by atoms with Crippen LogP contribution in [0.3, 0.4) is 0 Å². The number of hydrogen-bond acceptors (Lipinski definition) is 7. The van der Waals surface area contributed by atoms with Gasteiger partial charge in [0.25, 0.3) is 0 Å². The number of hydrogen-bond donors (Lipinski definition) is 1. The molecule has 0 aliphatic heterocycles. The van der Waals surface area contributed by atoms with E-state index in [0.29, 0.717) is 0 Å². The average Bonchev–Trinajstić information content (AvgIpc) is 1.25. The largest absolute Gasteiger partial charge is 4.00 e. The maximum atomic E-state index is 8.25. The molecule has 56 valence electrons. The predicted molar refractivity (Wildman–Crippen MR) is 25.7 cm³/mol. The van der Waals surface area contributed by atoms with Crippen molar-refractivity contribution in [1.29, 1.82) is 0 Å². The van der Waals surface area contributed by atoms with Crippen LogP contribution in [-0.2, 0) is 0 Å². The molecule has 0 rings (SSSR count). The minimum Gasteiger partial charge on any atom is -0.356 e. The molecule has 0 radical (unpaired) electrons. The van der Waals surface area contributed by atoms with Gasteiger partial charge in [0.2, 0.25) is 0 Å². The molecule has 0 atom stereocenters. The molecule has 0 heterocycles. The van der Waals surface area contributed by atoms with Crippen molar-refractivity contribution in [3.05, 3.63) is 30.6 Å². The Morgan fingerprint density at radius 3 is 0.800 bits per heavy atom. The Morgan fingerprint density at radius 2 is 0.800 bits per heavy atom. The van der Waals surface area contributed by atoms with E-state index in [-0.39, 0.29) is 47.9 Å². The van der Waals surface area contributed by atoms with Gasteiger partial charge in [0, 0.05) is 0 Å². The molecule has 0 bridgehead atoms. The Labute approximate surface area is 88.2 Å². The molecule has 0 saturated heterocycles. The van der Waals surface area contributed by atoms with E-state index in [0.717, 1.165) is 0 Å². The Balaban J connectivity index is -0.0000000300. The maximum absolute atomic E-state index is 8.25. The van der Waals surface area contributed by atoms with E-state index in [1.807, 2.05) is 0 Å². The monoisotopic (exact) mass is 281 g/mol. The molecule has 0 aliphatic carbocycles. The van der Waals surface area contributed by atoms with Crippen LogP contribution in [0, 0.1) is 72.4 Å². The topological polar surface area (TPSA) is 167 Å². The SMILES string of the molecule is N.O=[N+]([O-])[O-].O=[N+]([O-])[O-].[Ce+4]. The molecule has 10 heteroatoms. The Kier molecular flexibility index (Phi) is 35.9. The fourth-order valence-electron chi connectivity index (χ4n) is 0. The van der Waals surface area contributed by atoms with Crippen LogP contribution in [0.2, 0.25) is 0 Å². The number of rotatable bonds is 0. The van der Waals surface area contributed by atoms with Gasteiger partial charge >= 0.3 is 41.7 Å². The van der Waals surface area contributed by atoms with E-state index in [1.54, 1.807) is 0 Å². The smallest absolute Gasteiger partial charge is 0.356 e. The summed E-state index contributed by atoms with van der Waals surface area (Å²) in [5, 5.41) is 29.5. The molecule has 10 heavy (non-hydrogen) atoms. The summed E-state index contributed by atoms with van der Waals surface area (Å²) in [6, 6.07) is 0. The van der Waals surface area contributed by atoms with Crippen LogP contribution in [0.15, 0.2) is 0 Å². The molecule has 0 unspecified atom stereocenters. The van der Waals surface area contributed by atoms with Gasteiger partial charge in [-0.2, -0.15) is 0 Å². The average molecular weight is 281 g/mol. The van der Waals surface area contributed by atoms with Crippen molar-refractivity contribution in [1.82, 2.24) is 6.15 Å². The summed E-state index contributed by atoms with van der Waals surface area (Å²) >= 11 is 0. The van der Waals surface area contributed by atoms with E-state index in [1.165, 1.54) is 0 Å². The fraction of sp³-hybridized carbons (Fsp3) is 0. The van der Waals surface area contributed by atoms with Crippen molar-refractivity contribution in [3.63, 3.8) is 0 Å². The normalized spacial score (nSPS) is 4.80. The molecule has 0 saturated carbocycles. The van der Waals surface area contributed by atoms with Crippen molar-refractivity contribution in [3.8, 4) is 0 Å². The third-order valence-electron chi connectivity index (χ3n) is 0. The van der Waals surface area contributed by atoms with Crippen LogP contribution in [0.25, 0.3) is 0 Å². The summed E-state index contributed by atoms with van der Waals surface area (Å²) in [5.41, 5.74) is 0. The van der Waals surface area contributed by atoms with E-state index in [2.05, 4.69) is 0 Å². The van der Waals surface area contributed by atoms with Crippen LogP contribution < -0.4 is 6.15 Å². The maximum Gasteiger partial charge on any atom is 4.00 e. The van der Waals surface area contributed by atoms with Gasteiger partial charge in [-0.15, -0.1) is 0 Å². The molecule has 9 nitrogen and oxygen atoms in total. The van der Waals surface area contributed by atoms with E-state index in [9.17, 15) is 0 Å². The van der Waals surface area contributed by atoms with Gasteiger partial charge in [-0.1, -0.05) is 0 Å². The third kappa shape index (κ3) is 5060. The Hall–Kier alpha value is -0.263. The molecule has 0 aromatic carbocycles. The second-order valence-corrected chi connectivity index (χ2v) is 0.447. The van der Waals surface area contributed by atoms with Crippen molar-refractivity contribution >= 4 is 0 Å². The minimum absolute atomic E-state index is 0. The van der Waals surface area contributed by atoms with E-state index >= 15 is 0 Å². The summed E-state index contributed by atoms with van der Waals surface area (Å²) < 4.78 is 0. The van der Waals surface area contributed by atoms with Crippen molar-refractivity contribution in [2.75, 3.05) is 0 Å². The second kappa shape index (κ2) is 15.9. The van der Waals surface area contributed by atoms with E-state index in [4.69, 9.17) is 30.6 Å². The molecular weight excluding hydrogens is 278 g/mol. The second-order valence-electron chi connectivity index (χ2n) is 0.447. The van der Waals surface area contributed by atoms with Crippen molar-refractivity contribution in [2.45, 2.75) is 0 Å². The predicted octanol–water partition coefficient (Wildman–Crippen LogP) is -0.316. The molecule has 3 N–H and O–H groups in total. The Morgan fingerprint density at radius 1 is 0.800 bits per heavy atom. The first-order valence-corrected chi connectivity index (χ1v) is 1.10. The third-order valence-corrected chi connectivity index (χ3v) is 0. The van der Waals surface area contributed by atoms with Crippen LogP contribution >= 0.6 is 0 Å². The summed E-state index contributed by atoms with van der Waals surface area (Å²) in [6.07, 6.45) is 0. The fourth-order valence-corrected chi connectivity index (χ4v) is 0. The van der Waals surface area contributed by atoms with Gasteiger partial charge < -0.3 is 36.8 Å². The number of nitrogens with zero attached hydrogens (tertiary/aromatic N) is 2. The zero-order valence-corrected chi connectivity index (χ0v) is 7.69. The first kappa shape index (κ1) is 22.6. The van der Waals surface area contributed by atoms with Crippen LogP contribution in [-0.4, -0.2) is 10.2 Å². The van der Waals surface area contributed by atoms with Crippen LogP contribution in [0.4, 0.5) is 0 Å². The molecule has 0 aromatic heterocycles. The first-order chi connectivity index (χ1) is 3.46. The van der Waals surface area contributed by atoms with Gasteiger partial charge in [0.05, 0.1) is 10.2 Å². The Bertz CT molecular complexity index is 71.0. The summed E-state index contributed by atoms with van der Waals surface area (Å²) in [6.45, 7) is 0. The molecule has 0 spiro atoms. The summed E-state index contributed by atoms with van der Waals surface area (Å²) in [4.78, 5) is 16.5.